The largest absolute Gasteiger partial charge is 0.496 e. The van der Waals surface area contributed by atoms with E-state index in [1.54, 1.807) is 7.11 Å². The van der Waals surface area contributed by atoms with Crippen LogP contribution in [0.25, 0.3) is 0 Å². The number of fused-ring (bicyclic) bond motifs is 3. The fraction of sp³-hybridized carbons (Fsp3) is 0.548. The van der Waals surface area contributed by atoms with E-state index in [9.17, 15) is 0 Å². The average molecular weight is 490 g/mol. The zero-order valence-electron chi connectivity index (χ0n) is 22.8. The molecule has 4 heteroatoms. The van der Waals surface area contributed by atoms with Crippen LogP contribution in [-0.4, -0.2) is 28.9 Å². The Hall–Kier alpha value is -2.22. The molecular formula is C31H43NO2Si. The van der Waals surface area contributed by atoms with Crippen LogP contribution in [0.15, 0.2) is 36.4 Å². The maximum Gasteiger partial charge on any atom is 0.129 e. The first-order chi connectivity index (χ1) is 16.6. The molecule has 0 spiro atoms. The molecule has 0 aromatic heterocycles. The Kier molecular flexibility index (Phi) is 7.41. The molecule has 2 aliphatic rings. The first kappa shape index (κ1) is 25.9. The van der Waals surface area contributed by atoms with E-state index in [-0.39, 0.29) is 10.8 Å². The van der Waals surface area contributed by atoms with Crippen LogP contribution >= 0.6 is 0 Å². The molecule has 0 amide bonds. The third kappa shape index (κ3) is 5.32. The van der Waals surface area contributed by atoms with E-state index >= 15 is 0 Å². The Labute approximate surface area is 214 Å². The van der Waals surface area contributed by atoms with Gasteiger partial charge in [0.05, 0.1) is 19.4 Å². The Morgan fingerprint density at radius 2 is 1.86 bits per heavy atom. The van der Waals surface area contributed by atoms with E-state index in [0.717, 1.165) is 36.6 Å². The Balaban J connectivity index is 1.63. The number of rotatable bonds is 6. The Bertz CT molecular complexity index is 1120. The fourth-order valence-electron chi connectivity index (χ4n) is 6.70. The third-order valence-electron chi connectivity index (χ3n) is 8.32. The molecule has 35 heavy (non-hydrogen) atoms. The van der Waals surface area contributed by atoms with Crippen molar-refractivity contribution in [2.24, 2.45) is 11.3 Å². The van der Waals surface area contributed by atoms with Gasteiger partial charge in [-0.3, -0.25) is 0 Å². The lowest BCUT2D eigenvalue weighted by atomic mass is 9.50. The zero-order chi connectivity index (χ0) is 25.3. The van der Waals surface area contributed by atoms with E-state index in [0.29, 0.717) is 5.92 Å². The van der Waals surface area contributed by atoms with Crippen LogP contribution in [0.1, 0.15) is 61.8 Å². The highest BCUT2D eigenvalue weighted by atomic mass is 28.3. The number of benzene rings is 2. The highest BCUT2D eigenvalue weighted by Crippen LogP contribution is 2.57. The lowest BCUT2D eigenvalue weighted by Gasteiger charge is -2.55. The number of anilines is 1. The van der Waals surface area contributed by atoms with Crippen molar-refractivity contribution in [1.82, 2.24) is 0 Å². The quantitative estimate of drug-likeness (QED) is 0.344. The van der Waals surface area contributed by atoms with Crippen molar-refractivity contribution in [2.45, 2.75) is 77.6 Å². The predicted molar refractivity (Wildman–Crippen MR) is 150 cm³/mol. The van der Waals surface area contributed by atoms with E-state index < -0.39 is 8.07 Å². The van der Waals surface area contributed by atoms with Gasteiger partial charge in [-0.15, -0.1) is 5.54 Å². The first-order valence-electron chi connectivity index (χ1n) is 13.1. The normalized spacial score (nSPS) is 25.6. The first-order valence-corrected chi connectivity index (χ1v) is 16.6. The smallest absolute Gasteiger partial charge is 0.129 e. The summed E-state index contributed by atoms with van der Waals surface area (Å²) in [4.78, 5) is 0. The monoisotopic (exact) mass is 489 g/mol. The van der Waals surface area contributed by atoms with E-state index in [4.69, 9.17) is 9.47 Å². The molecule has 1 saturated carbocycles. The summed E-state index contributed by atoms with van der Waals surface area (Å²) >= 11 is 0. The molecule has 3 nitrogen and oxygen atoms in total. The minimum Gasteiger partial charge on any atom is -0.496 e. The molecule has 1 fully saturated rings. The molecule has 0 bridgehead atoms. The van der Waals surface area contributed by atoms with Crippen LogP contribution in [0.5, 0.6) is 5.75 Å². The van der Waals surface area contributed by atoms with E-state index in [1.807, 2.05) is 7.11 Å². The number of aryl methyl sites for hydroxylation is 1. The van der Waals surface area contributed by atoms with Crippen LogP contribution in [0.3, 0.4) is 0 Å². The lowest BCUT2D eigenvalue weighted by Crippen LogP contribution is -2.50. The molecule has 3 atom stereocenters. The highest BCUT2D eigenvalue weighted by molar-refractivity contribution is 6.83. The molecule has 2 aliphatic carbocycles. The topological polar surface area (TPSA) is 30.5 Å². The number of para-hydroxylation sites is 1. The lowest BCUT2D eigenvalue weighted by molar-refractivity contribution is -0.0325. The minimum absolute atomic E-state index is 0.178. The van der Waals surface area contributed by atoms with Crippen molar-refractivity contribution < 1.29 is 9.47 Å². The number of nitrogens with one attached hydrogen (secondary N) is 1. The van der Waals surface area contributed by atoms with Crippen LogP contribution in [0.4, 0.5) is 5.69 Å². The van der Waals surface area contributed by atoms with Crippen LogP contribution in [0, 0.1) is 22.8 Å². The summed E-state index contributed by atoms with van der Waals surface area (Å²) < 4.78 is 11.7. The molecular weight excluding hydrogens is 446 g/mol. The Morgan fingerprint density at radius 3 is 2.57 bits per heavy atom. The molecule has 188 valence electrons. The van der Waals surface area contributed by atoms with E-state index in [1.165, 1.54) is 42.4 Å². The van der Waals surface area contributed by atoms with Gasteiger partial charge in [-0.25, -0.2) is 0 Å². The van der Waals surface area contributed by atoms with Crippen LogP contribution in [0.2, 0.25) is 19.6 Å². The maximum atomic E-state index is 5.96. The van der Waals surface area contributed by atoms with Gasteiger partial charge < -0.3 is 14.8 Å². The summed E-state index contributed by atoms with van der Waals surface area (Å²) in [6.07, 6.45) is 6.12. The second-order valence-corrected chi connectivity index (χ2v) is 16.9. The number of hydrogen-bond acceptors (Lipinski definition) is 3. The molecule has 0 saturated heterocycles. The predicted octanol–water partition coefficient (Wildman–Crippen LogP) is 7.19. The van der Waals surface area contributed by atoms with Crippen molar-refractivity contribution in [2.75, 3.05) is 26.1 Å². The number of ether oxygens (including phenoxy) is 2. The maximum absolute atomic E-state index is 5.96. The van der Waals surface area contributed by atoms with Gasteiger partial charge >= 0.3 is 0 Å². The SMILES string of the molecule is COC[C@@]1(C)CCC[C@]2(C)c3cc(OC)c(CNc4ccccc4C#C[Si](C)(C)C)cc3CC[C@@H]12. The summed E-state index contributed by atoms with van der Waals surface area (Å²) in [6.45, 7) is 13.4. The summed E-state index contributed by atoms with van der Waals surface area (Å²) in [5.74, 6) is 5.06. The molecule has 4 rings (SSSR count). The average Bonchev–Trinajstić information content (AvgIpc) is 2.81. The van der Waals surface area contributed by atoms with Gasteiger partial charge in [0.1, 0.15) is 13.8 Å². The molecule has 2 aromatic carbocycles. The Morgan fingerprint density at radius 1 is 1.09 bits per heavy atom. The fourth-order valence-corrected chi connectivity index (χ4v) is 7.21. The second kappa shape index (κ2) is 10.0. The molecule has 0 radical (unpaired) electrons. The van der Waals surface area contributed by atoms with Gasteiger partial charge in [0.15, 0.2) is 0 Å². The summed E-state index contributed by atoms with van der Waals surface area (Å²) in [7, 11) is 2.22. The minimum atomic E-state index is -1.44. The molecule has 0 heterocycles. The van der Waals surface area contributed by atoms with Gasteiger partial charge in [0, 0.05) is 24.8 Å². The van der Waals surface area contributed by atoms with Gasteiger partial charge in [0.2, 0.25) is 0 Å². The molecule has 1 N–H and O–H groups in total. The van der Waals surface area contributed by atoms with Crippen molar-refractivity contribution in [3.8, 4) is 17.2 Å². The van der Waals surface area contributed by atoms with Crippen molar-refractivity contribution >= 4 is 13.8 Å². The molecule has 2 aromatic rings. The molecule has 0 aliphatic heterocycles. The third-order valence-corrected chi connectivity index (χ3v) is 9.20. The van der Waals surface area contributed by atoms with Gasteiger partial charge in [-0.2, -0.15) is 0 Å². The molecule has 0 unspecified atom stereocenters. The van der Waals surface area contributed by atoms with Crippen molar-refractivity contribution in [1.29, 1.82) is 0 Å². The zero-order valence-corrected chi connectivity index (χ0v) is 23.8. The van der Waals surface area contributed by atoms with Crippen molar-refractivity contribution in [3.63, 3.8) is 0 Å². The summed E-state index contributed by atoms with van der Waals surface area (Å²) in [5.41, 5.74) is 10.3. The standard InChI is InChI=1S/C31H43NO2Si/c1-30(22-33-3)16-10-17-31(2)26-20-28(34-4)25(19-24(26)13-14-29(30)31)21-32-27-12-9-8-11-23(27)15-18-35(5,6)7/h8-9,11-12,19-20,29,32H,10,13-14,16-17,21-22H2,1-7H3/t29-,30+,31+/m0/s1. The van der Waals surface area contributed by atoms with Gasteiger partial charge in [0.25, 0.3) is 0 Å². The van der Waals surface area contributed by atoms with Gasteiger partial charge in [-0.1, -0.05) is 64.0 Å². The number of hydrogen-bond donors (Lipinski definition) is 1. The van der Waals surface area contributed by atoms with Crippen LogP contribution in [-0.2, 0) is 23.1 Å². The van der Waals surface area contributed by atoms with Crippen molar-refractivity contribution in [3.05, 3.63) is 58.7 Å². The highest BCUT2D eigenvalue weighted by Gasteiger charge is 2.51. The summed E-state index contributed by atoms with van der Waals surface area (Å²) in [5, 5.41) is 3.66. The van der Waals surface area contributed by atoms with E-state index in [2.05, 4.69) is 86.7 Å². The van der Waals surface area contributed by atoms with Gasteiger partial charge in [-0.05, 0) is 71.8 Å². The van der Waals surface area contributed by atoms with Crippen LogP contribution < -0.4 is 10.1 Å². The summed E-state index contributed by atoms with van der Waals surface area (Å²) in [6, 6.07) is 13.1. The number of methoxy groups -OCH3 is 2. The second-order valence-electron chi connectivity index (χ2n) is 12.2.